The monoisotopic (exact) mass is 557 g/mol. The molecule has 8 heteroatoms. The standard InChI is InChI=1S/C26H22BrCl2N3O2/c1-16-25(17(2)32(31-16)14-20-22(28)10-6-11-23(20)29)30-26(33)19-8-5-7-18(13-19)15-34-24-12-4-3-9-21(24)27/h3-13H,14-15H2,1-2H3,(H,30,33). The molecule has 0 fully saturated rings. The highest BCUT2D eigenvalue weighted by atomic mass is 79.9. The number of anilines is 1. The highest BCUT2D eigenvalue weighted by Gasteiger charge is 2.17. The van der Waals surface area contributed by atoms with E-state index in [2.05, 4.69) is 26.3 Å². The zero-order valence-corrected chi connectivity index (χ0v) is 21.7. The van der Waals surface area contributed by atoms with E-state index < -0.39 is 0 Å². The molecule has 1 aromatic heterocycles. The number of para-hydroxylation sites is 1. The van der Waals surface area contributed by atoms with Gasteiger partial charge in [-0.2, -0.15) is 5.10 Å². The van der Waals surface area contributed by atoms with Crippen molar-refractivity contribution >= 4 is 50.7 Å². The minimum Gasteiger partial charge on any atom is -0.488 e. The zero-order valence-electron chi connectivity index (χ0n) is 18.6. The minimum absolute atomic E-state index is 0.218. The van der Waals surface area contributed by atoms with Gasteiger partial charge < -0.3 is 10.1 Å². The number of rotatable bonds is 7. The van der Waals surface area contributed by atoms with Crippen molar-refractivity contribution in [3.8, 4) is 5.75 Å². The number of amides is 1. The fourth-order valence-electron chi connectivity index (χ4n) is 3.58. The van der Waals surface area contributed by atoms with Crippen LogP contribution in [0, 0.1) is 13.8 Å². The lowest BCUT2D eigenvalue weighted by molar-refractivity contribution is 0.102. The van der Waals surface area contributed by atoms with Crippen LogP contribution in [-0.4, -0.2) is 15.7 Å². The molecule has 0 aliphatic heterocycles. The van der Waals surface area contributed by atoms with E-state index >= 15 is 0 Å². The third kappa shape index (κ3) is 5.46. The van der Waals surface area contributed by atoms with Gasteiger partial charge in [0.15, 0.2) is 0 Å². The molecule has 0 aliphatic rings. The van der Waals surface area contributed by atoms with Gasteiger partial charge in [-0.3, -0.25) is 9.48 Å². The number of aromatic nitrogens is 2. The van der Waals surface area contributed by atoms with Gasteiger partial charge in [-0.25, -0.2) is 0 Å². The molecule has 4 rings (SSSR count). The van der Waals surface area contributed by atoms with Gasteiger partial charge in [0.05, 0.1) is 28.1 Å². The van der Waals surface area contributed by atoms with Gasteiger partial charge in [-0.05, 0) is 71.7 Å². The molecule has 0 aliphatic carbocycles. The van der Waals surface area contributed by atoms with E-state index in [1.165, 1.54) is 0 Å². The molecule has 0 atom stereocenters. The van der Waals surface area contributed by atoms with Crippen LogP contribution in [-0.2, 0) is 13.2 Å². The first-order chi connectivity index (χ1) is 16.3. The van der Waals surface area contributed by atoms with Crippen LogP contribution in [0.3, 0.4) is 0 Å². The van der Waals surface area contributed by atoms with Gasteiger partial charge in [0.25, 0.3) is 5.91 Å². The number of benzene rings is 3. The Hall–Kier alpha value is -2.80. The average molecular weight is 559 g/mol. The van der Waals surface area contributed by atoms with Crippen molar-refractivity contribution in [1.29, 1.82) is 0 Å². The first-order valence-corrected chi connectivity index (χ1v) is 12.1. The summed E-state index contributed by atoms with van der Waals surface area (Å²) >= 11 is 16.1. The molecule has 1 N–H and O–H groups in total. The highest BCUT2D eigenvalue weighted by molar-refractivity contribution is 9.10. The van der Waals surface area contributed by atoms with Crippen LogP contribution in [0.15, 0.2) is 71.2 Å². The minimum atomic E-state index is -0.218. The fraction of sp³-hybridized carbons (Fsp3) is 0.154. The molecule has 0 bridgehead atoms. The molecule has 0 saturated heterocycles. The second-order valence-corrected chi connectivity index (χ2v) is 9.45. The molecule has 1 amide bonds. The molecule has 0 saturated carbocycles. The van der Waals surface area contributed by atoms with Crippen LogP contribution >= 0.6 is 39.1 Å². The summed E-state index contributed by atoms with van der Waals surface area (Å²) in [6, 6.07) is 20.4. The number of nitrogens with one attached hydrogen (secondary N) is 1. The van der Waals surface area contributed by atoms with Crippen molar-refractivity contribution in [3.63, 3.8) is 0 Å². The van der Waals surface area contributed by atoms with Gasteiger partial charge >= 0.3 is 0 Å². The number of hydrogen-bond donors (Lipinski definition) is 1. The number of hydrogen-bond acceptors (Lipinski definition) is 3. The lowest BCUT2D eigenvalue weighted by atomic mass is 10.1. The van der Waals surface area contributed by atoms with Gasteiger partial charge in [-0.15, -0.1) is 0 Å². The predicted octanol–water partition coefficient (Wildman–Crippen LogP) is 7.45. The van der Waals surface area contributed by atoms with Gasteiger partial charge in [0, 0.05) is 21.2 Å². The third-order valence-electron chi connectivity index (χ3n) is 5.41. The van der Waals surface area contributed by atoms with Crippen molar-refractivity contribution in [3.05, 3.63) is 109 Å². The molecule has 174 valence electrons. The topological polar surface area (TPSA) is 56.2 Å². The highest BCUT2D eigenvalue weighted by Crippen LogP contribution is 2.28. The first kappa shape index (κ1) is 24.3. The summed E-state index contributed by atoms with van der Waals surface area (Å²) in [5.74, 6) is 0.527. The second kappa shape index (κ2) is 10.6. The van der Waals surface area contributed by atoms with E-state index in [4.69, 9.17) is 27.9 Å². The van der Waals surface area contributed by atoms with E-state index in [-0.39, 0.29) is 5.91 Å². The molecular formula is C26H22BrCl2N3O2. The smallest absolute Gasteiger partial charge is 0.255 e. The predicted molar refractivity (Wildman–Crippen MR) is 140 cm³/mol. The van der Waals surface area contributed by atoms with Crippen LogP contribution in [0.25, 0.3) is 0 Å². The van der Waals surface area contributed by atoms with Crippen LogP contribution in [0.2, 0.25) is 10.0 Å². The molecule has 0 spiro atoms. The fourth-order valence-corrected chi connectivity index (χ4v) is 4.49. The maximum absolute atomic E-state index is 13.0. The molecular weight excluding hydrogens is 537 g/mol. The van der Waals surface area contributed by atoms with Crippen molar-refractivity contribution in [2.75, 3.05) is 5.32 Å². The Morgan fingerprint density at radius 3 is 2.47 bits per heavy atom. The van der Waals surface area contributed by atoms with E-state index in [1.807, 2.05) is 56.3 Å². The van der Waals surface area contributed by atoms with Crippen molar-refractivity contribution in [1.82, 2.24) is 9.78 Å². The molecule has 1 heterocycles. The quantitative estimate of drug-likeness (QED) is 0.256. The Balaban J connectivity index is 1.49. The number of carbonyl (C=O) groups excluding carboxylic acids is 1. The number of carbonyl (C=O) groups is 1. The molecule has 3 aromatic carbocycles. The second-order valence-electron chi connectivity index (χ2n) is 7.78. The van der Waals surface area contributed by atoms with E-state index in [9.17, 15) is 4.79 Å². The zero-order chi connectivity index (χ0) is 24.2. The van der Waals surface area contributed by atoms with Gasteiger partial charge in [0.1, 0.15) is 12.4 Å². The molecule has 4 aromatic rings. The largest absolute Gasteiger partial charge is 0.488 e. The maximum atomic E-state index is 13.0. The Labute approximate surface area is 216 Å². The number of nitrogens with zero attached hydrogens (tertiary/aromatic N) is 2. The average Bonchev–Trinajstić information content (AvgIpc) is 3.08. The van der Waals surface area contributed by atoms with Gasteiger partial charge in [0.2, 0.25) is 0 Å². The number of ether oxygens (including phenoxy) is 1. The third-order valence-corrected chi connectivity index (χ3v) is 6.77. The van der Waals surface area contributed by atoms with E-state index in [0.29, 0.717) is 40.1 Å². The Kier molecular flexibility index (Phi) is 7.61. The molecule has 34 heavy (non-hydrogen) atoms. The van der Waals surface area contributed by atoms with Crippen LogP contribution in [0.5, 0.6) is 5.75 Å². The number of aryl methyl sites for hydroxylation is 1. The lowest BCUT2D eigenvalue weighted by Gasteiger charge is -2.11. The normalized spacial score (nSPS) is 10.9. The van der Waals surface area contributed by atoms with E-state index in [1.54, 1.807) is 28.9 Å². The maximum Gasteiger partial charge on any atom is 0.255 e. The summed E-state index contributed by atoms with van der Waals surface area (Å²) in [5.41, 5.74) is 4.41. The van der Waals surface area contributed by atoms with Crippen molar-refractivity contribution in [2.45, 2.75) is 27.0 Å². The lowest BCUT2D eigenvalue weighted by Crippen LogP contribution is -2.14. The molecule has 0 unspecified atom stereocenters. The Bertz CT molecular complexity index is 1330. The summed E-state index contributed by atoms with van der Waals surface area (Å²) in [5, 5.41) is 8.74. The van der Waals surface area contributed by atoms with Gasteiger partial charge in [-0.1, -0.05) is 53.5 Å². The Morgan fingerprint density at radius 2 is 1.74 bits per heavy atom. The summed E-state index contributed by atoms with van der Waals surface area (Å²) in [6.45, 7) is 4.51. The number of halogens is 3. The van der Waals surface area contributed by atoms with Crippen molar-refractivity contribution < 1.29 is 9.53 Å². The van der Waals surface area contributed by atoms with Crippen LogP contribution in [0.4, 0.5) is 5.69 Å². The first-order valence-electron chi connectivity index (χ1n) is 10.6. The van der Waals surface area contributed by atoms with Crippen molar-refractivity contribution in [2.24, 2.45) is 0 Å². The summed E-state index contributed by atoms with van der Waals surface area (Å²) in [4.78, 5) is 13.0. The summed E-state index contributed by atoms with van der Waals surface area (Å²) in [6.07, 6.45) is 0. The SMILES string of the molecule is Cc1nn(Cc2c(Cl)cccc2Cl)c(C)c1NC(=O)c1cccc(COc2ccccc2Br)c1. The molecule has 0 radical (unpaired) electrons. The van der Waals surface area contributed by atoms with Crippen LogP contribution < -0.4 is 10.1 Å². The summed E-state index contributed by atoms with van der Waals surface area (Å²) < 4.78 is 8.55. The summed E-state index contributed by atoms with van der Waals surface area (Å²) in [7, 11) is 0. The van der Waals surface area contributed by atoms with E-state index in [0.717, 1.165) is 27.0 Å². The molecule has 5 nitrogen and oxygen atoms in total. The Morgan fingerprint density at radius 1 is 1.03 bits per heavy atom. The van der Waals surface area contributed by atoms with Crippen LogP contribution in [0.1, 0.15) is 32.9 Å².